The molecule has 0 radical (unpaired) electrons. The Labute approximate surface area is 94.0 Å². The first kappa shape index (κ1) is 10.9. The van der Waals surface area contributed by atoms with Crippen LogP contribution in [0.3, 0.4) is 0 Å². The molecule has 1 amide bonds. The first-order valence-electron chi connectivity index (χ1n) is 5.27. The molecule has 1 heterocycles. The molecule has 0 saturated heterocycles. The van der Waals surface area contributed by atoms with Crippen molar-refractivity contribution in [3.8, 4) is 0 Å². The van der Waals surface area contributed by atoms with Crippen molar-refractivity contribution in [3.05, 3.63) is 29.3 Å². The summed E-state index contributed by atoms with van der Waals surface area (Å²) in [6, 6.07) is 5.40. The zero-order valence-electron chi connectivity index (χ0n) is 9.46. The topological polar surface area (TPSA) is 46.3 Å². The first-order valence-corrected chi connectivity index (χ1v) is 5.27. The summed E-state index contributed by atoms with van der Waals surface area (Å²) in [4.78, 5) is 13.6. The van der Waals surface area contributed by atoms with Crippen molar-refractivity contribution in [2.45, 2.75) is 19.4 Å². The fourth-order valence-corrected chi connectivity index (χ4v) is 2.32. The number of nitrogen functional groups attached to an aromatic ring is 1. The predicted octanol–water partition coefficient (Wildman–Crippen LogP) is 1.93. The molecule has 1 aromatic rings. The maximum atomic E-state index is 12.5. The zero-order chi connectivity index (χ0) is 11.9. The first-order chi connectivity index (χ1) is 7.50. The summed E-state index contributed by atoms with van der Waals surface area (Å²) in [5.41, 5.74) is 7.20. The van der Waals surface area contributed by atoms with Crippen molar-refractivity contribution in [2.24, 2.45) is 0 Å². The number of alkyl halides is 1. The summed E-state index contributed by atoms with van der Waals surface area (Å²) < 4.78 is 12.5. The van der Waals surface area contributed by atoms with Crippen molar-refractivity contribution in [2.75, 3.05) is 19.0 Å². The van der Waals surface area contributed by atoms with E-state index in [-0.39, 0.29) is 12.5 Å². The molecule has 0 aliphatic carbocycles. The summed E-state index contributed by atoms with van der Waals surface area (Å²) in [6.45, 7) is 3.39. The summed E-state index contributed by atoms with van der Waals surface area (Å²) >= 11 is 0. The summed E-state index contributed by atoms with van der Waals surface area (Å²) in [5.74, 6) is -0.171. The molecule has 1 aliphatic rings. The van der Waals surface area contributed by atoms with Crippen LogP contribution >= 0.6 is 0 Å². The molecule has 0 bridgehead atoms. The van der Waals surface area contributed by atoms with Gasteiger partial charge in [0.05, 0.1) is 17.6 Å². The Morgan fingerprint density at radius 2 is 2.12 bits per heavy atom. The molecular formula is C12H15FN2O. The average Bonchev–Trinajstić information content (AvgIpc) is 2.41. The van der Waals surface area contributed by atoms with Gasteiger partial charge in [-0.2, -0.15) is 0 Å². The van der Waals surface area contributed by atoms with Gasteiger partial charge in [-0.1, -0.05) is 12.1 Å². The van der Waals surface area contributed by atoms with Crippen LogP contribution in [0.25, 0.3) is 0 Å². The molecule has 1 aromatic carbocycles. The van der Waals surface area contributed by atoms with Gasteiger partial charge < -0.3 is 10.6 Å². The standard InChI is InChI=1S/C12H15FN2O/c1-12(2)8-4-3-5-9(14)10(8)11(16)15(12)7-6-13/h3-5H,6-7,14H2,1-2H3. The molecule has 3 nitrogen and oxygen atoms in total. The number of fused-ring (bicyclic) bond motifs is 1. The Kier molecular flexibility index (Phi) is 2.37. The minimum absolute atomic E-state index is 0.111. The molecule has 2 N–H and O–H groups in total. The lowest BCUT2D eigenvalue weighted by atomic mass is 9.93. The van der Waals surface area contributed by atoms with Crippen molar-refractivity contribution in [1.29, 1.82) is 0 Å². The molecule has 0 unspecified atom stereocenters. The smallest absolute Gasteiger partial charge is 0.257 e. The van der Waals surface area contributed by atoms with Gasteiger partial charge in [-0.25, -0.2) is 4.39 Å². The fraction of sp³-hybridized carbons (Fsp3) is 0.417. The third-order valence-electron chi connectivity index (χ3n) is 3.20. The van der Waals surface area contributed by atoms with E-state index in [0.29, 0.717) is 11.3 Å². The summed E-state index contributed by atoms with van der Waals surface area (Å²) in [7, 11) is 0. The van der Waals surface area contributed by atoms with E-state index in [1.807, 2.05) is 26.0 Å². The quantitative estimate of drug-likeness (QED) is 0.777. The Balaban J connectivity index is 2.57. The van der Waals surface area contributed by atoms with E-state index in [2.05, 4.69) is 0 Å². The number of nitrogens with two attached hydrogens (primary N) is 1. The van der Waals surface area contributed by atoms with Crippen LogP contribution in [0.2, 0.25) is 0 Å². The average molecular weight is 222 g/mol. The van der Waals surface area contributed by atoms with Crippen LogP contribution in [0, 0.1) is 0 Å². The van der Waals surface area contributed by atoms with Crippen molar-refractivity contribution in [3.63, 3.8) is 0 Å². The van der Waals surface area contributed by atoms with Crippen LogP contribution in [-0.4, -0.2) is 24.0 Å². The number of carbonyl (C=O) groups excluding carboxylic acids is 1. The van der Waals surface area contributed by atoms with Crippen LogP contribution in [0.5, 0.6) is 0 Å². The lowest BCUT2D eigenvalue weighted by molar-refractivity contribution is 0.0601. The summed E-state index contributed by atoms with van der Waals surface area (Å²) in [5, 5.41) is 0. The van der Waals surface area contributed by atoms with Gasteiger partial charge in [0.15, 0.2) is 0 Å². The Morgan fingerprint density at radius 1 is 1.44 bits per heavy atom. The molecule has 0 saturated carbocycles. The lowest BCUT2D eigenvalue weighted by Crippen LogP contribution is -2.40. The molecule has 16 heavy (non-hydrogen) atoms. The molecule has 86 valence electrons. The van der Waals surface area contributed by atoms with Crippen LogP contribution in [-0.2, 0) is 5.54 Å². The van der Waals surface area contributed by atoms with E-state index in [0.717, 1.165) is 5.56 Å². The third kappa shape index (κ3) is 1.29. The highest BCUT2D eigenvalue weighted by Gasteiger charge is 2.43. The highest BCUT2D eigenvalue weighted by Crippen LogP contribution is 2.40. The molecule has 0 aromatic heterocycles. The van der Waals surface area contributed by atoms with Crippen LogP contribution < -0.4 is 5.73 Å². The van der Waals surface area contributed by atoms with Crippen LogP contribution in [0.1, 0.15) is 29.8 Å². The highest BCUT2D eigenvalue weighted by atomic mass is 19.1. The van der Waals surface area contributed by atoms with Gasteiger partial charge in [0.1, 0.15) is 6.67 Å². The molecule has 2 rings (SSSR count). The number of halogens is 1. The Morgan fingerprint density at radius 3 is 2.69 bits per heavy atom. The number of hydrogen-bond donors (Lipinski definition) is 1. The van der Waals surface area contributed by atoms with Crippen LogP contribution in [0.15, 0.2) is 18.2 Å². The number of nitrogens with zero attached hydrogens (tertiary/aromatic N) is 1. The summed E-state index contributed by atoms with van der Waals surface area (Å²) in [6.07, 6.45) is 0. The second-order valence-electron chi connectivity index (χ2n) is 4.47. The number of benzene rings is 1. The monoisotopic (exact) mass is 222 g/mol. The Bertz CT molecular complexity index is 443. The molecule has 0 spiro atoms. The van der Waals surface area contributed by atoms with Gasteiger partial charge in [0, 0.05) is 5.69 Å². The van der Waals surface area contributed by atoms with Gasteiger partial charge in [-0.3, -0.25) is 4.79 Å². The Hall–Kier alpha value is -1.58. The van der Waals surface area contributed by atoms with E-state index >= 15 is 0 Å². The largest absolute Gasteiger partial charge is 0.398 e. The van der Waals surface area contributed by atoms with E-state index in [9.17, 15) is 9.18 Å². The second kappa shape index (κ2) is 3.47. The molecule has 4 heteroatoms. The van der Waals surface area contributed by atoms with Gasteiger partial charge >= 0.3 is 0 Å². The van der Waals surface area contributed by atoms with Crippen molar-refractivity contribution in [1.82, 2.24) is 4.90 Å². The predicted molar refractivity (Wildman–Crippen MR) is 60.9 cm³/mol. The van der Waals surface area contributed by atoms with Gasteiger partial charge in [0.2, 0.25) is 0 Å². The molecular weight excluding hydrogens is 207 g/mol. The normalized spacial score (nSPS) is 17.7. The number of anilines is 1. The molecule has 0 atom stereocenters. The second-order valence-corrected chi connectivity index (χ2v) is 4.47. The van der Waals surface area contributed by atoms with Crippen molar-refractivity contribution < 1.29 is 9.18 Å². The van der Waals surface area contributed by atoms with Crippen molar-refractivity contribution >= 4 is 11.6 Å². The minimum atomic E-state index is -0.539. The SMILES string of the molecule is CC1(C)c2cccc(N)c2C(=O)N1CCF. The number of amides is 1. The molecule has 0 fully saturated rings. The maximum absolute atomic E-state index is 12.5. The number of carbonyl (C=O) groups is 1. The van der Waals surface area contributed by atoms with Gasteiger partial charge in [-0.15, -0.1) is 0 Å². The van der Waals surface area contributed by atoms with E-state index < -0.39 is 12.2 Å². The number of hydrogen-bond acceptors (Lipinski definition) is 2. The van der Waals surface area contributed by atoms with Gasteiger partial charge in [-0.05, 0) is 25.5 Å². The zero-order valence-corrected chi connectivity index (χ0v) is 9.46. The lowest BCUT2D eigenvalue weighted by Gasteiger charge is -2.31. The highest BCUT2D eigenvalue weighted by molar-refractivity contribution is 6.04. The van der Waals surface area contributed by atoms with E-state index in [1.165, 1.54) is 4.90 Å². The number of rotatable bonds is 2. The van der Waals surface area contributed by atoms with E-state index in [1.54, 1.807) is 6.07 Å². The van der Waals surface area contributed by atoms with Gasteiger partial charge in [0.25, 0.3) is 5.91 Å². The minimum Gasteiger partial charge on any atom is -0.398 e. The van der Waals surface area contributed by atoms with E-state index in [4.69, 9.17) is 5.73 Å². The fourth-order valence-electron chi connectivity index (χ4n) is 2.32. The van der Waals surface area contributed by atoms with Crippen LogP contribution in [0.4, 0.5) is 10.1 Å². The maximum Gasteiger partial charge on any atom is 0.257 e. The molecule has 1 aliphatic heterocycles. The third-order valence-corrected chi connectivity index (χ3v) is 3.20.